The molecule has 0 unspecified atom stereocenters. The Kier molecular flexibility index (Phi) is 8.21. The first-order valence-corrected chi connectivity index (χ1v) is 11.6. The fourth-order valence-corrected chi connectivity index (χ4v) is 3.53. The van der Waals surface area contributed by atoms with Crippen LogP contribution in [0.2, 0.25) is 5.02 Å². The first kappa shape index (κ1) is 26.6. The number of nitrogens with one attached hydrogen (secondary N) is 3. The minimum absolute atomic E-state index is 0.234. The van der Waals surface area contributed by atoms with Crippen LogP contribution in [-0.2, 0) is 4.74 Å². The Morgan fingerprint density at radius 1 is 1.03 bits per heavy atom. The third-order valence-electron chi connectivity index (χ3n) is 4.89. The van der Waals surface area contributed by atoms with Crippen molar-refractivity contribution >= 4 is 40.9 Å². The molecule has 3 aromatic rings. The van der Waals surface area contributed by atoms with Crippen molar-refractivity contribution in [3.8, 4) is 5.69 Å². The van der Waals surface area contributed by atoms with Gasteiger partial charge in [-0.1, -0.05) is 11.6 Å². The highest BCUT2D eigenvalue weighted by Crippen LogP contribution is 2.22. The summed E-state index contributed by atoms with van der Waals surface area (Å²) in [6.45, 7) is 7.57. The highest BCUT2D eigenvalue weighted by Gasteiger charge is 2.17. The number of nitrogens with two attached hydrogens (primary N) is 1. The van der Waals surface area contributed by atoms with Crippen molar-refractivity contribution < 1.29 is 19.1 Å². The highest BCUT2D eigenvalue weighted by atomic mass is 35.5. The maximum absolute atomic E-state index is 12.7. The predicted molar refractivity (Wildman–Crippen MR) is 139 cm³/mol. The van der Waals surface area contributed by atoms with Crippen molar-refractivity contribution in [2.75, 3.05) is 24.1 Å². The van der Waals surface area contributed by atoms with Gasteiger partial charge in [-0.2, -0.15) is 5.10 Å². The van der Waals surface area contributed by atoms with E-state index in [1.165, 1.54) is 6.20 Å². The molecule has 0 aliphatic rings. The van der Waals surface area contributed by atoms with Gasteiger partial charge in [-0.15, -0.1) is 0 Å². The molecule has 10 nitrogen and oxygen atoms in total. The van der Waals surface area contributed by atoms with Gasteiger partial charge in [-0.25, -0.2) is 9.48 Å². The van der Waals surface area contributed by atoms with Gasteiger partial charge in [0.25, 0.3) is 11.8 Å². The maximum atomic E-state index is 12.7. The number of ether oxygens (including phenoxy) is 1. The number of alkyl carbamates (subject to hydrolysis) is 1. The van der Waals surface area contributed by atoms with E-state index in [9.17, 15) is 14.4 Å². The number of rotatable bonds is 7. The minimum atomic E-state index is -0.586. The number of nitrogens with zero attached hydrogens (tertiary/aromatic N) is 2. The fourth-order valence-electron chi connectivity index (χ4n) is 3.29. The fraction of sp³-hybridized carbons (Fsp3) is 0.280. The first-order chi connectivity index (χ1) is 16.9. The molecule has 0 saturated heterocycles. The van der Waals surface area contributed by atoms with Gasteiger partial charge < -0.3 is 26.4 Å². The quantitative estimate of drug-likeness (QED) is 0.279. The van der Waals surface area contributed by atoms with Crippen molar-refractivity contribution in [2.24, 2.45) is 0 Å². The average molecular weight is 513 g/mol. The van der Waals surface area contributed by atoms with Crippen LogP contribution in [-0.4, -0.2) is 46.4 Å². The zero-order valence-corrected chi connectivity index (χ0v) is 21.3. The van der Waals surface area contributed by atoms with Gasteiger partial charge in [0.1, 0.15) is 5.60 Å². The average Bonchev–Trinajstić information content (AvgIpc) is 3.16. The van der Waals surface area contributed by atoms with Crippen LogP contribution in [0.15, 0.2) is 48.7 Å². The molecule has 0 spiro atoms. The number of carbonyl (C=O) groups excluding carboxylic acids is 3. The number of hydrogen-bond donors (Lipinski definition) is 4. The van der Waals surface area contributed by atoms with Gasteiger partial charge in [0, 0.05) is 35.1 Å². The number of amides is 3. The van der Waals surface area contributed by atoms with Gasteiger partial charge in [0.15, 0.2) is 0 Å². The Balaban J connectivity index is 1.58. The van der Waals surface area contributed by atoms with E-state index in [2.05, 4.69) is 21.0 Å². The molecule has 1 aromatic heterocycles. The van der Waals surface area contributed by atoms with E-state index in [0.29, 0.717) is 38.9 Å². The monoisotopic (exact) mass is 512 g/mol. The third kappa shape index (κ3) is 7.22. The number of hydrogen-bond acceptors (Lipinski definition) is 6. The summed E-state index contributed by atoms with van der Waals surface area (Å²) in [6.07, 6.45) is 0.928. The van der Waals surface area contributed by atoms with E-state index < -0.39 is 11.7 Å². The van der Waals surface area contributed by atoms with Crippen molar-refractivity contribution in [3.63, 3.8) is 0 Å². The summed E-state index contributed by atoms with van der Waals surface area (Å²) in [5, 5.41) is 12.8. The van der Waals surface area contributed by atoms with Crippen molar-refractivity contribution in [1.82, 2.24) is 20.4 Å². The molecular formula is C25H29ClN6O4. The Bertz CT molecular complexity index is 1240. The van der Waals surface area contributed by atoms with Crippen LogP contribution in [0.5, 0.6) is 0 Å². The van der Waals surface area contributed by atoms with Crippen molar-refractivity contribution in [1.29, 1.82) is 0 Å². The molecule has 0 fully saturated rings. The summed E-state index contributed by atoms with van der Waals surface area (Å²) in [6, 6.07) is 11.6. The molecule has 36 heavy (non-hydrogen) atoms. The highest BCUT2D eigenvalue weighted by molar-refractivity contribution is 6.31. The Morgan fingerprint density at radius 3 is 2.33 bits per heavy atom. The lowest BCUT2D eigenvalue weighted by molar-refractivity contribution is 0.0526. The molecule has 0 aliphatic carbocycles. The number of halogens is 1. The predicted octanol–water partition coefficient (Wildman–Crippen LogP) is 3.92. The molecule has 3 rings (SSSR count). The zero-order valence-electron chi connectivity index (χ0n) is 20.5. The maximum Gasteiger partial charge on any atom is 0.407 e. The second-order valence-corrected chi connectivity index (χ2v) is 9.45. The molecule has 2 aromatic carbocycles. The van der Waals surface area contributed by atoms with E-state index >= 15 is 0 Å². The Morgan fingerprint density at radius 2 is 1.69 bits per heavy atom. The second-order valence-electron chi connectivity index (χ2n) is 9.01. The molecule has 11 heteroatoms. The van der Waals surface area contributed by atoms with Gasteiger partial charge >= 0.3 is 6.09 Å². The van der Waals surface area contributed by atoms with E-state index in [0.717, 1.165) is 0 Å². The number of aromatic nitrogens is 2. The van der Waals surface area contributed by atoms with Crippen LogP contribution in [0.4, 0.5) is 16.2 Å². The van der Waals surface area contributed by atoms with Gasteiger partial charge in [-0.05, 0) is 70.2 Å². The smallest absolute Gasteiger partial charge is 0.407 e. The number of anilines is 2. The van der Waals surface area contributed by atoms with E-state index in [4.69, 9.17) is 22.1 Å². The Labute approximate surface area is 214 Å². The largest absolute Gasteiger partial charge is 0.444 e. The second kappa shape index (κ2) is 11.1. The summed E-state index contributed by atoms with van der Waals surface area (Å²) >= 11 is 6.00. The molecule has 0 bridgehead atoms. The zero-order chi connectivity index (χ0) is 26.5. The van der Waals surface area contributed by atoms with Crippen LogP contribution in [0.1, 0.15) is 47.2 Å². The lowest BCUT2D eigenvalue weighted by atomic mass is 10.2. The summed E-state index contributed by atoms with van der Waals surface area (Å²) in [4.78, 5) is 36.8. The summed E-state index contributed by atoms with van der Waals surface area (Å²) in [7, 11) is 0. The standard InChI is InChI=1S/C25H29ClN6O4/c1-15-21(23(34)31-19-12-17(26)11-18(27)13-19)14-30-32(15)20-7-5-16(6-8-20)22(33)28-9-10-29-24(35)36-25(2,3)4/h5-8,11-14H,9-10,27H2,1-4H3,(H,28,33)(H,29,35)(H,31,34). The summed E-state index contributed by atoms with van der Waals surface area (Å²) in [5.74, 6) is -0.637. The molecular weight excluding hydrogens is 484 g/mol. The van der Waals surface area contributed by atoms with Crippen LogP contribution in [0.3, 0.4) is 0 Å². The van der Waals surface area contributed by atoms with Gasteiger partial charge in [0.2, 0.25) is 0 Å². The number of benzene rings is 2. The molecule has 0 aliphatic heterocycles. The molecule has 190 valence electrons. The molecule has 0 radical (unpaired) electrons. The molecule has 0 atom stereocenters. The molecule has 5 N–H and O–H groups in total. The van der Waals surface area contributed by atoms with Crippen LogP contribution < -0.4 is 21.7 Å². The summed E-state index contributed by atoms with van der Waals surface area (Å²) in [5.41, 5.74) is 8.24. The van der Waals surface area contributed by atoms with Gasteiger partial charge in [-0.3, -0.25) is 9.59 Å². The Hall–Kier alpha value is -4.05. The molecule has 3 amide bonds. The lowest BCUT2D eigenvalue weighted by Gasteiger charge is -2.19. The third-order valence-corrected chi connectivity index (χ3v) is 5.10. The van der Waals surface area contributed by atoms with Crippen molar-refractivity contribution in [2.45, 2.75) is 33.3 Å². The first-order valence-electron chi connectivity index (χ1n) is 11.2. The van der Waals surface area contributed by atoms with E-state index in [1.807, 2.05) is 0 Å². The van der Waals surface area contributed by atoms with Crippen LogP contribution in [0.25, 0.3) is 5.69 Å². The van der Waals surface area contributed by atoms with Crippen molar-refractivity contribution in [3.05, 3.63) is 70.5 Å². The number of carbonyl (C=O) groups is 3. The van der Waals surface area contributed by atoms with E-state index in [-0.39, 0.29) is 24.9 Å². The van der Waals surface area contributed by atoms with Crippen LogP contribution in [0, 0.1) is 6.92 Å². The summed E-state index contributed by atoms with van der Waals surface area (Å²) < 4.78 is 6.75. The lowest BCUT2D eigenvalue weighted by Crippen LogP contribution is -2.37. The normalized spacial score (nSPS) is 11.0. The topological polar surface area (TPSA) is 140 Å². The number of nitrogen functional groups attached to an aromatic ring is 1. The minimum Gasteiger partial charge on any atom is -0.444 e. The molecule has 0 saturated carbocycles. The van der Waals surface area contributed by atoms with Gasteiger partial charge in [0.05, 0.1) is 23.1 Å². The molecule has 1 heterocycles. The van der Waals surface area contributed by atoms with E-state index in [1.54, 1.807) is 74.8 Å². The van der Waals surface area contributed by atoms with Crippen LogP contribution >= 0.6 is 11.6 Å². The SMILES string of the molecule is Cc1c(C(=O)Nc2cc(N)cc(Cl)c2)cnn1-c1ccc(C(=O)NCCNC(=O)OC(C)(C)C)cc1.